The van der Waals surface area contributed by atoms with Crippen LogP contribution in [0.25, 0.3) is 0 Å². The fourth-order valence-electron chi connectivity index (χ4n) is 1.89. The van der Waals surface area contributed by atoms with Crippen LogP contribution in [0.2, 0.25) is 0 Å². The Kier molecular flexibility index (Phi) is 5.32. The maximum Gasteiger partial charge on any atom is 0.256 e. The lowest BCUT2D eigenvalue weighted by Gasteiger charge is -2.26. The average Bonchev–Trinajstić information content (AvgIpc) is 2.26. The van der Waals surface area contributed by atoms with Gasteiger partial charge in [0.05, 0.1) is 5.56 Å². The molecule has 0 N–H and O–H groups in total. The highest BCUT2D eigenvalue weighted by Gasteiger charge is 2.21. The van der Waals surface area contributed by atoms with Crippen LogP contribution in [0.4, 0.5) is 4.39 Å². The van der Waals surface area contributed by atoms with Crippen LogP contribution in [-0.4, -0.2) is 23.9 Å². The summed E-state index contributed by atoms with van der Waals surface area (Å²) >= 11 is 3.18. The Bertz CT molecular complexity index is 434. The van der Waals surface area contributed by atoms with Crippen molar-refractivity contribution in [3.05, 3.63) is 34.1 Å². The first-order valence-corrected chi connectivity index (χ1v) is 6.84. The van der Waals surface area contributed by atoms with Crippen LogP contribution >= 0.6 is 15.9 Å². The summed E-state index contributed by atoms with van der Waals surface area (Å²) in [4.78, 5) is 13.8. The van der Waals surface area contributed by atoms with Crippen LogP contribution in [0.1, 0.15) is 37.6 Å². The Labute approximate surface area is 116 Å². The lowest BCUT2D eigenvalue weighted by Crippen LogP contribution is -2.36. The van der Waals surface area contributed by atoms with Gasteiger partial charge in [0.15, 0.2) is 0 Å². The van der Waals surface area contributed by atoms with Gasteiger partial charge in [-0.1, -0.05) is 29.8 Å². The van der Waals surface area contributed by atoms with Crippen LogP contribution in [0, 0.1) is 11.7 Å². The number of hydrogen-bond donors (Lipinski definition) is 0. The van der Waals surface area contributed by atoms with E-state index in [4.69, 9.17) is 0 Å². The molecule has 0 aliphatic heterocycles. The molecule has 1 unspecified atom stereocenters. The van der Waals surface area contributed by atoms with Gasteiger partial charge in [-0.05, 0) is 37.5 Å². The minimum absolute atomic E-state index is 0.0977. The molecule has 0 aliphatic rings. The highest BCUT2D eigenvalue weighted by Crippen LogP contribution is 2.18. The fourth-order valence-corrected chi connectivity index (χ4v) is 2.23. The molecular weight excluding hydrogens is 297 g/mol. The maximum atomic E-state index is 13.7. The zero-order valence-corrected chi connectivity index (χ0v) is 12.8. The fraction of sp³-hybridized carbons (Fsp3) is 0.500. The van der Waals surface area contributed by atoms with Gasteiger partial charge in [0, 0.05) is 17.6 Å². The second-order valence-corrected chi connectivity index (χ2v) is 5.93. The van der Waals surface area contributed by atoms with Crippen molar-refractivity contribution in [3.8, 4) is 0 Å². The Morgan fingerprint density at radius 3 is 2.50 bits per heavy atom. The van der Waals surface area contributed by atoms with E-state index in [1.807, 2.05) is 6.92 Å². The van der Waals surface area contributed by atoms with Gasteiger partial charge in [0.1, 0.15) is 5.82 Å². The molecule has 0 aromatic heterocycles. The van der Waals surface area contributed by atoms with Crippen LogP contribution < -0.4 is 0 Å². The normalized spacial score (nSPS) is 12.6. The van der Waals surface area contributed by atoms with E-state index in [0.29, 0.717) is 10.4 Å². The molecule has 0 saturated heterocycles. The van der Waals surface area contributed by atoms with Gasteiger partial charge < -0.3 is 4.90 Å². The third-order valence-electron chi connectivity index (χ3n) is 2.96. The van der Waals surface area contributed by atoms with E-state index < -0.39 is 5.82 Å². The molecule has 0 saturated carbocycles. The number of nitrogens with zero attached hydrogens (tertiary/aromatic N) is 1. The molecule has 0 radical (unpaired) electrons. The van der Waals surface area contributed by atoms with Crippen molar-refractivity contribution in [2.45, 2.75) is 33.2 Å². The van der Waals surface area contributed by atoms with Crippen LogP contribution in [0.3, 0.4) is 0 Å². The number of benzene rings is 1. The molecule has 1 rings (SSSR count). The van der Waals surface area contributed by atoms with Gasteiger partial charge in [-0.25, -0.2) is 4.39 Å². The zero-order valence-electron chi connectivity index (χ0n) is 11.2. The van der Waals surface area contributed by atoms with Crippen LogP contribution in [0.15, 0.2) is 22.7 Å². The molecular formula is C14H19BrFNO. The zero-order chi connectivity index (χ0) is 13.9. The summed E-state index contributed by atoms with van der Waals surface area (Å²) in [6, 6.07) is 4.60. The van der Waals surface area contributed by atoms with Crippen molar-refractivity contribution in [3.63, 3.8) is 0 Å². The smallest absolute Gasteiger partial charge is 0.256 e. The van der Waals surface area contributed by atoms with Gasteiger partial charge >= 0.3 is 0 Å². The van der Waals surface area contributed by atoms with E-state index in [-0.39, 0.29) is 17.5 Å². The van der Waals surface area contributed by atoms with Crippen LogP contribution in [0.5, 0.6) is 0 Å². The summed E-state index contributed by atoms with van der Waals surface area (Å²) in [5, 5.41) is 0. The number of rotatable bonds is 4. The molecule has 0 bridgehead atoms. The predicted octanol–water partition coefficient (Wildman–Crippen LogP) is 4.09. The maximum absolute atomic E-state index is 13.7. The molecule has 1 atom stereocenters. The quantitative estimate of drug-likeness (QED) is 0.819. The number of hydrogen-bond acceptors (Lipinski definition) is 1. The Morgan fingerprint density at radius 2 is 2.00 bits per heavy atom. The largest absolute Gasteiger partial charge is 0.339 e. The average molecular weight is 316 g/mol. The number of halogens is 2. The third kappa shape index (κ3) is 3.80. The van der Waals surface area contributed by atoms with E-state index in [0.717, 1.165) is 6.42 Å². The SMILES string of the molecule is CC(C)CC(C)N(C)C(=O)c1ccc(Br)cc1F. The molecule has 1 aromatic carbocycles. The summed E-state index contributed by atoms with van der Waals surface area (Å²) in [6.45, 7) is 6.19. The first kappa shape index (κ1) is 15.2. The summed E-state index contributed by atoms with van der Waals surface area (Å²) in [5.41, 5.74) is 0.122. The third-order valence-corrected chi connectivity index (χ3v) is 3.45. The minimum atomic E-state index is -0.488. The van der Waals surface area contributed by atoms with E-state index >= 15 is 0 Å². The van der Waals surface area contributed by atoms with Crippen molar-refractivity contribution in [1.82, 2.24) is 4.90 Å². The molecule has 0 fully saturated rings. The van der Waals surface area contributed by atoms with Crippen molar-refractivity contribution >= 4 is 21.8 Å². The summed E-state index contributed by atoms with van der Waals surface area (Å²) in [7, 11) is 1.72. The second-order valence-electron chi connectivity index (χ2n) is 5.02. The molecule has 1 amide bonds. The van der Waals surface area contributed by atoms with E-state index in [9.17, 15) is 9.18 Å². The van der Waals surface area contributed by atoms with E-state index in [1.165, 1.54) is 12.1 Å². The minimum Gasteiger partial charge on any atom is -0.339 e. The van der Waals surface area contributed by atoms with Crippen molar-refractivity contribution < 1.29 is 9.18 Å². The molecule has 0 spiro atoms. The molecule has 0 heterocycles. The topological polar surface area (TPSA) is 20.3 Å². The second kappa shape index (κ2) is 6.32. The summed E-state index contributed by atoms with van der Waals surface area (Å²) < 4.78 is 14.3. The monoisotopic (exact) mass is 315 g/mol. The van der Waals surface area contributed by atoms with Crippen molar-refractivity contribution in [2.24, 2.45) is 5.92 Å². The number of carbonyl (C=O) groups excluding carboxylic acids is 1. The lowest BCUT2D eigenvalue weighted by atomic mass is 10.0. The molecule has 100 valence electrons. The predicted molar refractivity (Wildman–Crippen MR) is 75.1 cm³/mol. The van der Waals surface area contributed by atoms with Crippen molar-refractivity contribution in [1.29, 1.82) is 0 Å². The Hall–Kier alpha value is -0.900. The molecule has 1 aromatic rings. The van der Waals surface area contributed by atoms with E-state index in [1.54, 1.807) is 18.0 Å². The Morgan fingerprint density at radius 1 is 1.39 bits per heavy atom. The standard InChI is InChI=1S/C14H19BrFNO/c1-9(2)7-10(3)17(4)14(18)12-6-5-11(15)8-13(12)16/h5-6,8-10H,7H2,1-4H3. The highest BCUT2D eigenvalue weighted by molar-refractivity contribution is 9.10. The Balaban J connectivity index is 2.86. The summed E-state index contributed by atoms with van der Waals surface area (Å²) in [5.74, 6) is -0.254. The lowest BCUT2D eigenvalue weighted by molar-refractivity contribution is 0.0723. The van der Waals surface area contributed by atoms with E-state index in [2.05, 4.69) is 29.8 Å². The molecule has 2 nitrogen and oxygen atoms in total. The highest BCUT2D eigenvalue weighted by atomic mass is 79.9. The summed E-state index contributed by atoms with van der Waals surface area (Å²) in [6.07, 6.45) is 0.903. The van der Waals surface area contributed by atoms with Gasteiger partial charge in [-0.15, -0.1) is 0 Å². The first-order valence-electron chi connectivity index (χ1n) is 6.05. The molecule has 4 heteroatoms. The van der Waals surface area contributed by atoms with Gasteiger partial charge in [-0.2, -0.15) is 0 Å². The molecule has 0 aliphatic carbocycles. The first-order chi connectivity index (χ1) is 8.32. The number of amides is 1. The number of carbonyl (C=O) groups is 1. The van der Waals surface area contributed by atoms with Gasteiger partial charge in [0.2, 0.25) is 0 Å². The van der Waals surface area contributed by atoms with Gasteiger partial charge in [-0.3, -0.25) is 4.79 Å². The van der Waals surface area contributed by atoms with Crippen molar-refractivity contribution in [2.75, 3.05) is 7.05 Å². The van der Waals surface area contributed by atoms with Crippen LogP contribution in [-0.2, 0) is 0 Å². The molecule has 18 heavy (non-hydrogen) atoms. The van der Waals surface area contributed by atoms with Gasteiger partial charge in [0.25, 0.3) is 5.91 Å².